The number of aliphatic imine (C=N–C) groups is 1. The Morgan fingerprint density at radius 1 is 1.53 bits per heavy atom. The molecule has 92 valence electrons. The monoisotopic (exact) mass is 258 g/mol. The van der Waals surface area contributed by atoms with Gasteiger partial charge in [-0.2, -0.15) is 4.99 Å². The van der Waals surface area contributed by atoms with Crippen LogP contribution in [0.15, 0.2) is 17.1 Å². The summed E-state index contributed by atoms with van der Waals surface area (Å²) in [5, 5.41) is 11.7. The van der Waals surface area contributed by atoms with Gasteiger partial charge in [-0.05, 0) is 0 Å². The third kappa shape index (κ3) is 3.42. The summed E-state index contributed by atoms with van der Waals surface area (Å²) in [6, 6.07) is 1.74. The molecule has 0 atom stereocenters. The summed E-state index contributed by atoms with van der Waals surface area (Å²) < 4.78 is 4.94. The zero-order valence-corrected chi connectivity index (χ0v) is 9.65. The Morgan fingerprint density at radius 3 is 2.71 bits per heavy atom. The zero-order valence-electron chi connectivity index (χ0n) is 8.90. The lowest BCUT2D eigenvalue weighted by atomic mass is 10.2. The van der Waals surface area contributed by atoms with Gasteiger partial charge in [-0.25, -0.2) is 4.79 Å². The Hall–Kier alpha value is -2.15. The summed E-state index contributed by atoms with van der Waals surface area (Å²) in [7, 11) is 1.36. The van der Waals surface area contributed by atoms with Crippen molar-refractivity contribution >= 4 is 29.3 Å². The Morgan fingerprint density at radius 2 is 2.18 bits per heavy atom. The quantitative estimate of drug-likeness (QED) is 0.356. The van der Waals surface area contributed by atoms with Gasteiger partial charge in [0.15, 0.2) is 5.96 Å². The number of nitrogens with one attached hydrogen (secondary N) is 1. The van der Waals surface area contributed by atoms with Crippen LogP contribution in [0.25, 0.3) is 0 Å². The maximum atomic E-state index is 11.3. The molecule has 0 bridgehead atoms. The number of amides is 2. The van der Waals surface area contributed by atoms with Crippen LogP contribution in [0, 0.1) is 0 Å². The number of anilines is 1. The van der Waals surface area contributed by atoms with E-state index in [9.17, 15) is 9.90 Å². The van der Waals surface area contributed by atoms with Gasteiger partial charge in [0.25, 0.3) is 0 Å². The number of phenolic OH excluding ortho intramolecular Hbond substituents is 1. The highest BCUT2D eigenvalue weighted by atomic mass is 35.5. The number of methoxy groups -OCH3 is 1. The molecule has 0 fully saturated rings. The first kappa shape index (κ1) is 12.9. The first-order chi connectivity index (χ1) is 7.93. The highest BCUT2D eigenvalue weighted by molar-refractivity contribution is 6.34. The molecule has 1 rings (SSSR count). The molecule has 0 aromatic heterocycles. The predicted octanol–water partition coefficient (Wildman–Crippen LogP) is 0.860. The number of carbonyl (C=O) groups excluding carboxylic acids is 1. The van der Waals surface area contributed by atoms with Gasteiger partial charge in [0.05, 0.1) is 12.1 Å². The molecular formula is C9H11ClN4O3. The second-order valence-corrected chi connectivity index (χ2v) is 3.38. The van der Waals surface area contributed by atoms with E-state index in [2.05, 4.69) is 10.3 Å². The van der Waals surface area contributed by atoms with E-state index in [1.807, 2.05) is 0 Å². The number of nitrogens with two attached hydrogens (primary N) is 2. The Bertz CT molecular complexity index is 472. The molecule has 6 N–H and O–H groups in total. The molecule has 0 aliphatic rings. The highest BCUT2D eigenvalue weighted by Crippen LogP contribution is 2.36. The molecule has 0 heterocycles. The molecule has 1 aromatic carbocycles. The van der Waals surface area contributed by atoms with E-state index in [0.29, 0.717) is 0 Å². The van der Waals surface area contributed by atoms with Gasteiger partial charge in [0.1, 0.15) is 17.2 Å². The first-order valence-corrected chi connectivity index (χ1v) is 4.79. The molecule has 0 unspecified atom stereocenters. The second-order valence-electron chi connectivity index (χ2n) is 2.97. The van der Waals surface area contributed by atoms with Crippen molar-refractivity contribution in [3.63, 3.8) is 0 Å². The van der Waals surface area contributed by atoms with Crippen molar-refractivity contribution in [2.45, 2.75) is 0 Å². The van der Waals surface area contributed by atoms with E-state index in [1.54, 1.807) is 0 Å². The summed E-state index contributed by atoms with van der Waals surface area (Å²) >= 11 is 5.83. The fourth-order valence-electron chi connectivity index (χ4n) is 1.10. The highest BCUT2D eigenvalue weighted by Gasteiger charge is 2.12. The number of hydrogen-bond acceptors (Lipinski definition) is 3. The number of nitrogens with zero attached hydrogens (tertiary/aromatic N) is 1. The third-order valence-corrected chi connectivity index (χ3v) is 2.02. The maximum Gasteiger partial charge on any atom is 0.348 e. The van der Waals surface area contributed by atoms with Crippen molar-refractivity contribution in [1.29, 1.82) is 0 Å². The smallest absolute Gasteiger partial charge is 0.348 e. The summed E-state index contributed by atoms with van der Waals surface area (Å²) in [4.78, 5) is 14.5. The number of halogens is 1. The van der Waals surface area contributed by atoms with Gasteiger partial charge >= 0.3 is 6.03 Å². The molecule has 0 radical (unpaired) electrons. The summed E-state index contributed by atoms with van der Waals surface area (Å²) in [6.07, 6.45) is 0. The number of guanidine groups is 1. The number of urea groups is 1. The predicted molar refractivity (Wildman–Crippen MR) is 64.5 cm³/mol. The van der Waals surface area contributed by atoms with Crippen molar-refractivity contribution in [1.82, 2.24) is 0 Å². The first-order valence-electron chi connectivity index (χ1n) is 4.41. The van der Waals surface area contributed by atoms with Gasteiger partial charge in [-0.3, -0.25) is 0 Å². The molecule has 0 aliphatic heterocycles. The van der Waals surface area contributed by atoms with E-state index in [1.165, 1.54) is 19.2 Å². The molecular weight excluding hydrogens is 248 g/mol. The van der Waals surface area contributed by atoms with Crippen LogP contribution in [-0.2, 0) is 0 Å². The number of benzene rings is 1. The lowest BCUT2D eigenvalue weighted by molar-refractivity contribution is 0.259. The van der Waals surface area contributed by atoms with E-state index in [-0.39, 0.29) is 28.2 Å². The topological polar surface area (TPSA) is 123 Å². The molecule has 2 amide bonds. The van der Waals surface area contributed by atoms with Crippen LogP contribution in [0.1, 0.15) is 0 Å². The van der Waals surface area contributed by atoms with Crippen molar-refractivity contribution in [3.8, 4) is 11.5 Å². The molecule has 8 heteroatoms. The fraction of sp³-hybridized carbons (Fsp3) is 0.111. The van der Waals surface area contributed by atoms with Crippen molar-refractivity contribution in [2.24, 2.45) is 16.5 Å². The van der Waals surface area contributed by atoms with Crippen LogP contribution in [0.4, 0.5) is 10.5 Å². The van der Waals surface area contributed by atoms with E-state index in [4.69, 9.17) is 27.8 Å². The average Bonchev–Trinajstić information content (AvgIpc) is 2.20. The van der Waals surface area contributed by atoms with E-state index < -0.39 is 6.03 Å². The minimum Gasteiger partial charge on any atom is -0.508 e. The van der Waals surface area contributed by atoms with Crippen molar-refractivity contribution in [3.05, 3.63) is 17.2 Å². The van der Waals surface area contributed by atoms with Crippen LogP contribution in [0.2, 0.25) is 5.02 Å². The molecule has 0 aliphatic carbocycles. The molecule has 0 saturated heterocycles. The van der Waals surface area contributed by atoms with Gasteiger partial charge in [0, 0.05) is 12.1 Å². The van der Waals surface area contributed by atoms with Crippen LogP contribution in [0.3, 0.4) is 0 Å². The largest absolute Gasteiger partial charge is 0.508 e. The minimum absolute atomic E-state index is 0.0910. The second kappa shape index (κ2) is 5.26. The number of aromatic hydroxyl groups is 1. The molecule has 1 aromatic rings. The zero-order chi connectivity index (χ0) is 13.0. The Kier molecular flexibility index (Phi) is 4.00. The van der Waals surface area contributed by atoms with Gasteiger partial charge in [-0.1, -0.05) is 11.6 Å². The average molecular weight is 259 g/mol. The van der Waals surface area contributed by atoms with Crippen molar-refractivity contribution in [2.75, 3.05) is 12.4 Å². The SMILES string of the molecule is COc1cc(O)cc(Cl)c1NC(=O)N=C(N)N. The number of ether oxygens (including phenoxy) is 1. The fourth-order valence-corrected chi connectivity index (χ4v) is 1.35. The van der Waals surface area contributed by atoms with E-state index in [0.717, 1.165) is 0 Å². The van der Waals surface area contributed by atoms with Crippen LogP contribution >= 0.6 is 11.6 Å². The maximum absolute atomic E-state index is 11.3. The lowest BCUT2D eigenvalue weighted by Gasteiger charge is -2.10. The van der Waals surface area contributed by atoms with Crippen LogP contribution in [0.5, 0.6) is 11.5 Å². The summed E-state index contributed by atoms with van der Waals surface area (Å²) in [5.74, 6) is -0.280. The molecule has 17 heavy (non-hydrogen) atoms. The lowest BCUT2D eigenvalue weighted by Crippen LogP contribution is -2.25. The van der Waals surface area contributed by atoms with Crippen LogP contribution < -0.4 is 21.5 Å². The van der Waals surface area contributed by atoms with Gasteiger partial charge < -0.3 is 26.6 Å². The normalized spacial score (nSPS) is 9.53. The standard InChI is InChI=1S/C9H11ClN4O3/c1-17-6-3-4(15)2-5(10)7(6)13-9(16)14-8(11)12/h2-3,15H,1H3,(H5,11,12,13,14,16). The summed E-state index contributed by atoms with van der Waals surface area (Å²) in [6.45, 7) is 0. The molecule has 7 nitrogen and oxygen atoms in total. The number of rotatable bonds is 2. The molecule has 0 saturated carbocycles. The van der Waals surface area contributed by atoms with E-state index >= 15 is 0 Å². The Balaban J connectivity index is 3.06. The van der Waals surface area contributed by atoms with Gasteiger partial charge in [-0.15, -0.1) is 0 Å². The summed E-state index contributed by atoms with van der Waals surface area (Å²) in [5.41, 5.74) is 10.3. The molecule has 0 spiro atoms. The minimum atomic E-state index is -0.795. The van der Waals surface area contributed by atoms with Crippen LogP contribution in [-0.4, -0.2) is 24.2 Å². The van der Waals surface area contributed by atoms with Gasteiger partial charge in [0.2, 0.25) is 0 Å². The number of hydrogen-bond donors (Lipinski definition) is 4. The third-order valence-electron chi connectivity index (χ3n) is 1.72. The Labute approximate surface area is 102 Å². The van der Waals surface area contributed by atoms with Crippen molar-refractivity contribution < 1.29 is 14.6 Å². The number of carbonyl (C=O) groups is 1. The number of phenols is 1.